The first-order valence-electron chi connectivity index (χ1n) is 9.73. The van der Waals surface area contributed by atoms with E-state index in [4.69, 9.17) is 0 Å². The van der Waals surface area contributed by atoms with E-state index in [0.29, 0.717) is 46.2 Å². The zero-order valence-corrected chi connectivity index (χ0v) is 16.6. The number of rotatable bonds is 5. The molecule has 0 bridgehead atoms. The zero-order chi connectivity index (χ0) is 21.7. The van der Waals surface area contributed by atoms with Gasteiger partial charge in [0.15, 0.2) is 18.3 Å². The Labute approximate surface area is 175 Å². The average molecular weight is 423 g/mol. The number of carbonyl (C=O) groups is 1. The molecule has 0 spiro atoms. The molecule has 2 N–H and O–H groups in total. The number of fused-ring (bicyclic) bond motifs is 2. The number of benzene rings is 2. The van der Waals surface area contributed by atoms with Crippen molar-refractivity contribution in [1.29, 1.82) is 0 Å². The highest BCUT2D eigenvalue weighted by molar-refractivity contribution is 6.21. The fourth-order valence-electron chi connectivity index (χ4n) is 4.19. The molecule has 0 aliphatic carbocycles. The lowest BCUT2D eigenvalue weighted by Crippen LogP contribution is -2.41. The third-order valence-corrected chi connectivity index (χ3v) is 5.55. The van der Waals surface area contributed by atoms with Crippen LogP contribution in [0.3, 0.4) is 0 Å². The molecule has 0 fully saturated rings. The maximum atomic E-state index is 14.1. The minimum Gasteiger partial charge on any atom is -0.395 e. The predicted molar refractivity (Wildman–Crippen MR) is 114 cm³/mol. The van der Waals surface area contributed by atoms with Crippen molar-refractivity contribution in [2.45, 2.75) is 12.7 Å². The number of hydrogen-bond donors (Lipinski definition) is 2. The maximum Gasteiger partial charge on any atom is 0.177 e. The molecule has 1 unspecified atom stereocenters. The molecule has 158 valence electrons. The van der Waals surface area contributed by atoms with Crippen LogP contribution in [0.1, 0.15) is 5.56 Å². The van der Waals surface area contributed by atoms with Crippen molar-refractivity contribution in [3.63, 3.8) is 0 Å². The molecule has 31 heavy (non-hydrogen) atoms. The quantitative estimate of drug-likeness (QED) is 0.484. The van der Waals surface area contributed by atoms with E-state index in [1.165, 1.54) is 24.3 Å². The number of halogens is 2. The highest BCUT2D eigenvalue weighted by Crippen LogP contribution is 2.35. The Hall–Kier alpha value is -3.72. The van der Waals surface area contributed by atoms with Gasteiger partial charge in [-0.25, -0.2) is 8.78 Å². The van der Waals surface area contributed by atoms with Gasteiger partial charge in [-0.05, 0) is 36.4 Å². The fourth-order valence-corrected chi connectivity index (χ4v) is 4.19. The number of anilines is 1. The Morgan fingerprint density at radius 3 is 2.52 bits per heavy atom. The van der Waals surface area contributed by atoms with Crippen molar-refractivity contribution in [2.75, 3.05) is 11.5 Å². The number of aryl methyl sites for hydroxylation is 1. The summed E-state index contributed by atoms with van der Waals surface area (Å²) in [4.78, 5) is 13.5. The average Bonchev–Trinajstić information content (AvgIpc) is 3.41. The monoisotopic (exact) mass is 423 g/mol. The Bertz CT molecular complexity index is 1360. The standard InChI is InChI=1S/C22H19F2N5O2/c1-27-10-17(15-8-13(23)2-4-18(15)27)22-26-25-21(12-31)29(22)20-11-28(6-7-30)19-5-3-14(24)9-16(19)20/h2-5,8-12,21,25,30H,6-7H2,1H3. The molecule has 0 saturated heterocycles. The number of aldehydes is 1. The number of aromatic nitrogens is 2. The van der Waals surface area contributed by atoms with Crippen LogP contribution in [-0.4, -0.2) is 39.1 Å². The molecule has 4 aromatic rings. The molecule has 1 aliphatic heterocycles. The Kier molecular flexibility index (Phi) is 4.48. The smallest absolute Gasteiger partial charge is 0.177 e. The van der Waals surface area contributed by atoms with Crippen molar-refractivity contribution in [2.24, 2.45) is 12.1 Å². The Balaban J connectivity index is 1.73. The number of hydrazone groups is 1. The van der Waals surface area contributed by atoms with Gasteiger partial charge in [-0.2, -0.15) is 5.10 Å². The molecule has 2 aromatic carbocycles. The third kappa shape index (κ3) is 2.97. The summed E-state index contributed by atoms with van der Waals surface area (Å²) in [5, 5.41) is 15.0. The van der Waals surface area contributed by atoms with Crippen molar-refractivity contribution < 1.29 is 18.7 Å². The molecule has 7 nitrogen and oxygen atoms in total. The predicted octanol–water partition coefficient (Wildman–Crippen LogP) is 2.70. The van der Waals surface area contributed by atoms with Crippen molar-refractivity contribution in [1.82, 2.24) is 14.6 Å². The van der Waals surface area contributed by atoms with E-state index in [9.17, 15) is 18.7 Å². The summed E-state index contributed by atoms with van der Waals surface area (Å²) in [6.45, 7) is 0.209. The van der Waals surface area contributed by atoms with Crippen LogP contribution in [0.4, 0.5) is 14.5 Å². The molecule has 5 rings (SSSR count). The number of nitrogens with one attached hydrogen (secondary N) is 1. The lowest BCUT2D eigenvalue weighted by molar-refractivity contribution is -0.109. The number of aliphatic hydroxyl groups excluding tert-OH is 1. The minimum atomic E-state index is -0.824. The molecule has 1 atom stereocenters. The first kappa shape index (κ1) is 19.3. The van der Waals surface area contributed by atoms with Crippen LogP contribution in [-0.2, 0) is 18.4 Å². The van der Waals surface area contributed by atoms with E-state index in [1.807, 2.05) is 17.8 Å². The number of aliphatic hydroxyl groups is 1. The van der Waals surface area contributed by atoms with Crippen molar-refractivity contribution >= 4 is 39.6 Å². The normalized spacial score (nSPS) is 16.2. The van der Waals surface area contributed by atoms with Gasteiger partial charge < -0.3 is 14.2 Å². The highest BCUT2D eigenvalue weighted by atomic mass is 19.1. The molecule has 1 aliphatic rings. The SMILES string of the molecule is Cn1cc(C2=NNC(C=O)N2c2cn(CCO)c3ccc(F)cc23)c2cc(F)ccc21. The number of hydrogen-bond acceptors (Lipinski definition) is 5. The topological polar surface area (TPSA) is 74.8 Å². The molecule has 2 aromatic heterocycles. The van der Waals surface area contributed by atoms with E-state index in [2.05, 4.69) is 10.5 Å². The van der Waals surface area contributed by atoms with Gasteiger partial charge in [0.2, 0.25) is 0 Å². The van der Waals surface area contributed by atoms with Crippen LogP contribution < -0.4 is 10.3 Å². The largest absolute Gasteiger partial charge is 0.395 e. The molecular formula is C22H19F2N5O2. The molecule has 9 heteroatoms. The van der Waals surface area contributed by atoms with Gasteiger partial charge in [0.1, 0.15) is 11.6 Å². The Morgan fingerprint density at radius 1 is 1.10 bits per heavy atom. The van der Waals surface area contributed by atoms with Crippen molar-refractivity contribution in [3.05, 3.63) is 66.0 Å². The van der Waals surface area contributed by atoms with Gasteiger partial charge in [-0.1, -0.05) is 0 Å². The minimum absolute atomic E-state index is 0.0977. The second-order valence-electron chi connectivity index (χ2n) is 7.42. The molecule has 0 radical (unpaired) electrons. The van der Waals surface area contributed by atoms with Crippen LogP contribution in [0.5, 0.6) is 0 Å². The van der Waals surface area contributed by atoms with Gasteiger partial charge in [-0.3, -0.25) is 15.1 Å². The summed E-state index contributed by atoms with van der Waals surface area (Å²) >= 11 is 0. The van der Waals surface area contributed by atoms with Crippen LogP contribution in [0.25, 0.3) is 21.8 Å². The second-order valence-corrected chi connectivity index (χ2v) is 7.42. The van der Waals surface area contributed by atoms with Crippen LogP contribution in [0.15, 0.2) is 53.9 Å². The van der Waals surface area contributed by atoms with Crippen LogP contribution in [0, 0.1) is 11.6 Å². The van der Waals surface area contributed by atoms with Crippen molar-refractivity contribution in [3.8, 4) is 0 Å². The van der Waals surface area contributed by atoms with E-state index in [0.717, 1.165) is 5.52 Å². The van der Waals surface area contributed by atoms with Crippen LogP contribution in [0.2, 0.25) is 0 Å². The highest BCUT2D eigenvalue weighted by Gasteiger charge is 2.33. The lowest BCUT2D eigenvalue weighted by Gasteiger charge is -2.23. The van der Waals surface area contributed by atoms with Crippen LogP contribution >= 0.6 is 0 Å². The van der Waals surface area contributed by atoms with Gasteiger partial charge in [-0.15, -0.1) is 0 Å². The van der Waals surface area contributed by atoms with E-state index in [1.54, 1.807) is 27.8 Å². The second kappa shape index (κ2) is 7.21. The van der Waals surface area contributed by atoms with E-state index < -0.39 is 12.0 Å². The summed E-state index contributed by atoms with van der Waals surface area (Å²) in [5.74, 6) is -0.386. The number of carbonyl (C=O) groups excluding carboxylic acids is 1. The molecule has 3 heterocycles. The van der Waals surface area contributed by atoms with Gasteiger partial charge >= 0.3 is 0 Å². The Morgan fingerprint density at radius 2 is 1.81 bits per heavy atom. The summed E-state index contributed by atoms with van der Waals surface area (Å²) in [6, 6.07) is 8.86. The summed E-state index contributed by atoms with van der Waals surface area (Å²) < 4.78 is 31.8. The summed E-state index contributed by atoms with van der Waals surface area (Å²) in [5.41, 5.74) is 5.51. The first-order valence-corrected chi connectivity index (χ1v) is 9.73. The van der Waals surface area contributed by atoms with Gasteiger partial charge in [0.05, 0.1) is 17.8 Å². The number of amidine groups is 1. The zero-order valence-electron chi connectivity index (χ0n) is 16.6. The summed E-state index contributed by atoms with van der Waals surface area (Å²) in [6.07, 6.45) is 3.45. The van der Waals surface area contributed by atoms with E-state index in [-0.39, 0.29) is 12.4 Å². The van der Waals surface area contributed by atoms with Gasteiger partial charge in [0, 0.05) is 47.8 Å². The van der Waals surface area contributed by atoms with E-state index >= 15 is 0 Å². The number of nitrogens with zero attached hydrogens (tertiary/aromatic N) is 4. The van der Waals surface area contributed by atoms with Gasteiger partial charge in [0.25, 0.3) is 0 Å². The first-order chi connectivity index (χ1) is 15.0. The summed E-state index contributed by atoms with van der Waals surface area (Å²) in [7, 11) is 1.84. The molecule has 0 amide bonds. The fraction of sp³-hybridized carbons (Fsp3) is 0.182. The molecular weight excluding hydrogens is 404 g/mol. The molecule has 0 saturated carbocycles. The maximum absolute atomic E-state index is 14.1. The lowest BCUT2D eigenvalue weighted by atomic mass is 10.1. The third-order valence-electron chi connectivity index (χ3n) is 5.55.